The zero-order valence-corrected chi connectivity index (χ0v) is 18.6. The summed E-state index contributed by atoms with van der Waals surface area (Å²) in [7, 11) is -3.95. The molecule has 0 bridgehead atoms. The molecule has 0 aliphatic heterocycles. The summed E-state index contributed by atoms with van der Waals surface area (Å²) in [6.45, 7) is 5.24. The van der Waals surface area contributed by atoms with Crippen LogP contribution in [0, 0.1) is 20.8 Å². The van der Waals surface area contributed by atoms with Crippen LogP contribution in [0.2, 0.25) is 5.02 Å². The predicted octanol–water partition coefficient (Wildman–Crippen LogP) is 5.10. The number of anilines is 2. The van der Waals surface area contributed by atoms with E-state index in [9.17, 15) is 13.2 Å². The molecule has 1 amide bonds. The molecule has 0 saturated carbocycles. The number of rotatable bonds is 6. The third-order valence-electron chi connectivity index (χ3n) is 4.92. The molecule has 5 nitrogen and oxygen atoms in total. The maximum absolute atomic E-state index is 13.4. The van der Waals surface area contributed by atoms with Gasteiger partial charge in [-0.05, 0) is 67.8 Å². The topological polar surface area (TPSA) is 66.5 Å². The molecule has 3 aromatic rings. The standard InChI is InChI=1S/C23H23ClN2O3S/c1-16-8-7-11-22(18(16)3)26(30(28,29)20-9-5-4-6-10-20)15-23(27)25-19-13-12-17(2)21(24)14-19/h4-14H,15H2,1-3H3,(H,25,27). The Morgan fingerprint density at radius 2 is 1.63 bits per heavy atom. The van der Waals surface area contributed by atoms with Gasteiger partial charge in [-0.1, -0.05) is 48.0 Å². The van der Waals surface area contributed by atoms with Crippen LogP contribution in [-0.2, 0) is 14.8 Å². The average Bonchev–Trinajstić information content (AvgIpc) is 2.72. The van der Waals surface area contributed by atoms with Crippen LogP contribution < -0.4 is 9.62 Å². The predicted molar refractivity (Wildman–Crippen MR) is 122 cm³/mol. The Hall–Kier alpha value is -2.83. The smallest absolute Gasteiger partial charge is 0.264 e. The molecule has 0 heterocycles. The zero-order valence-electron chi connectivity index (χ0n) is 17.0. The minimum Gasteiger partial charge on any atom is -0.324 e. The number of nitrogens with one attached hydrogen (secondary N) is 1. The van der Waals surface area contributed by atoms with Crippen molar-refractivity contribution >= 4 is 38.9 Å². The van der Waals surface area contributed by atoms with Gasteiger partial charge in [-0.15, -0.1) is 0 Å². The van der Waals surface area contributed by atoms with Gasteiger partial charge in [0.05, 0.1) is 10.6 Å². The molecule has 0 radical (unpaired) electrons. The largest absolute Gasteiger partial charge is 0.324 e. The summed E-state index contributed by atoms with van der Waals surface area (Å²) in [4.78, 5) is 12.9. The van der Waals surface area contributed by atoms with Crippen molar-refractivity contribution in [3.8, 4) is 0 Å². The van der Waals surface area contributed by atoms with Gasteiger partial charge >= 0.3 is 0 Å². The van der Waals surface area contributed by atoms with Crippen LogP contribution in [0.3, 0.4) is 0 Å². The molecule has 0 spiro atoms. The lowest BCUT2D eigenvalue weighted by atomic mass is 10.1. The molecule has 0 aromatic heterocycles. The lowest BCUT2D eigenvalue weighted by Gasteiger charge is -2.26. The molecule has 7 heteroatoms. The molecular formula is C23H23ClN2O3S. The van der Waals surface area contributed by atoms with E-state index in [-0.39, 0.29) is 11.4 Å². The molecule has 30 heavy (non-hydrogen) atoms. The molecular weight excluding hydrogens is 420 g/mol. The number of halogens is 1. The number of carbonyl (C=O) groups excluding carboxylic acids is 1. The third-order valence-corrected chi connectivity index (χ3v) is 7.10. The number of sulfonamides is 1. The normalized spacial score (nSPS) is 11.2. The fourth-order valence-electron chi connectivity index (χ4n) is 3.03. The quantitative estimate of drug-likeness (QED) is 0.577. The fourth-order valence-corrected chi connectivity index (χ4v) is 4.71. The van der Waals surface area contributed by atoms with Crippen LogP contribution in [0.25, 0.3) is 0 Å². The Morgan fingerprint density at radius 1 is 0.933 bits per heavy atom. The van der Waals surface area contributed by atoms with Crippen LogP contribution in [0.5, 0.6) is 0 Å². The number of aryl methyl sites for hydroxylation is 2. The summed E-state index contributed by atoms with van der Waals surface area (Å²) in [5.74, 6) is -0.463. The number of carbonyl (C=O) groups is 1. The van der Waals surface area contributed by atoms with E-state index in [4.69, 9.17) is 11.6 Å². The second kappa shape index (κ2) is 8.90. The molecule has 156 valence electrons. The highest BCUT2D eigenvalue weighted by molar-refractivity contribution is 7.92. The first kappa shape index (κ1) is 21.9. The van der Waals surface area contributed by atoms with Crippen molar-refractivity contribution in [3.63, 3.8) is 0 Å². The number of benzene rings is 3. The highest BCUT2D eigenvalue weighted by atomic mass is 35.5. The second-order valence-electron chi connectivity index (χ2n) is 7.06. The minimum atomic E-state index is -3.95. The van der Waals surface area contributed by atoms with Crippen molar-refractivity contribution in [3.05, 3.63) is 88.4 Å². The summed E-state index contributed by atoms with van der Waals surface area (Å²) < 4.78 is 28.0. The van der Waals surface area contributed by atoms with E-state index >= 15 is 0 Å². The molecule has 0 unspecified atom stereocenters. The summed E-state index contributed by atoms with van der Waals surface area (Å²) in [6, 6.07) is 18.6. The van der Waals surface area contributed by atoms with Crippen molar-refractivity contribution in [2.75, 3.05) is 16.2 Å². The SMILES string of the molecule is Cc1ccc(NC(=O)CN(c2cccc(C)c2C)S(=O)(=O)c2ccccc2)cc1Cl. The van der Waals surface area contributed by atoms with Crippen molar-refractivity contribution in [2.24, 2.45) is 0 Å². The second-order valence-corrected chi connectivity index (χ2v) is 9.33. The van der Waals surface area contributed by atoms with Gasteiger partial charge in [-0.25, -0.2) is 8.42 Å². The van der Waals surface area contributed by atoms with E-state index in [1.807, 2.05) is 26.8 Å². The van der Waals surface area contributed by atoms with Gasteiger partial charge < -0.3 is 5.32 Å². The van der Waals surface area contributed by atoms with E-state index in [0.29, 0.717) is 16.4 Å². The van der Waals surface area contributed by atoms with Gasteiger partial charge in [0.15, 0.2) is 0 Å². The van der Waals surface area contributed by atoms with Crippen molar-refractivity contribution in [1.29, 1.82) is 0 Å². The van der Waals surface area contributed by atoms with Gasteiger partial charge in [0.1, 0.15) is 6.54 Å². The first-order valence-electron chi connectivity index (χ1n) is 9.40. The lowest BCUT2D eigenvalue weighted by Crippen LogP contribution is -2.38. The van der Waals surface area contributed by atoms with Crippen molar-refractivity contribution in [1.82, 2.24) is 0 Å². The Labute approximate surface area is 182 Å². The van der Waals surface area contributed by atoms with Gasteiger partial charge in [0, 0.05) is 10.7 Å². The maximum Gasteiger partial charge on any atom is 0.264 e. The molecule has 0 atom stereocenters. The van der Waals surface area contributed by atoms with E-state index in [2.05, 4.69) is 5.32 Å². The summed E-state index contributed by atoms with van der Waals surface area (Å²) in [5.41, 5.74) is 3.59. The molecule has 0 fully saturated rings. The monoisotopic (exact) mass is 442 g/mol. The van der Waals surface area contributed by atoms with Crippen molar-refractivity contribution < 1.29 is 13.2 Å². The van der Waals surface area contributed by atoms with Gasteiger partial charge in [0.2, 0.25) is 5.91 Å². The summed E-state index contributed by atoms with van der Waals surface area (Å²) in [5, 5.41) is 3.26. The van der Waals surface area contributed by atoms with Gasteiger partial charge in [0.25, 0.3) is 10.0 Å². The number of hydrogen-bond acceptors (Lipinski definition) is 3. The Balaban J connectivity index is 1.98. The van der Waals surface area contributed by atoms with E-state index in [1.165, 1.54) is 12.1 Å². The first-order chi connectivity index (χ1) is 14.2. The van der Waals surface area contributed by atoms with Crippen LogP contribution in [0.4, 0.5) is 11.4 Å². The summed E-state index contributed by atoms with van der Waals surface area (Å²) in [6.07, 6.45) is 0. The van der Waals surface area contributed by atoms with E-state index in [1.54, 1.807) is 48.5 Å². The Bertz CT molecular complexity index is 1180. The summed E-state index contributed by atoms with van der Waals surface area (Å²) >= 11 is 6.13. The average molecular weight is 443 g/mol. The molecule has 1 N–H and O–H groups in total. The fraction of sp³-hybridized carbons (Fsp3) is 0.174. The van der Waals surface area contributed by atoms with E-state index in [0.717, 1.165) is 21.0 Å². The van der Waals surface area contributed by atoms with Gasteiger partial charge in [-0.3, -0.25) is 9.10 Å². The number of hydrogen-bond donors (Lipinski definition) is 1. The highest BCUT2D eigenvalue weighted by Gasteiger charge is 2.28. The molecule has 0 saturated heterocycles. The molecule has 0 aliphatic rings. The minimum absolute atomic E-state index is 0.122. The molecule has 3 aromatic carbocycles. The number of amides is 1. The first-order valence-corrected chi connectivity index (χ1v) is 11.2. The van der Waals surface area contributed by atoms with Gasteiger partial charge in [-0.2, -0.15) is 0 Å². The van der Waals surface area contributed by atoms with Crippen LogP contribution in [0.15, 0.2) is 71.6 Å². The maximum atomic E-state index is 13.4. The van der Waals surface area contributed by atoms with Crippen molar-refractivity contribution in [2.45, 2.75) is 25.7 Å². The molecule has 0 aliphatic carbocycles. The Kier molecular flexibility index (Phi) is 6.48. The number of nitrogens with zero attached hydrogens (tertiary/aromatic N) is 1. The molecule has 3 rings (SSSR count). The highest BCUT2D eigenvalue weighted by Crippen LogP contribution is 2.28. The van der Waals surface area contributed by atoms with Crippen LogP contribution in [-0.4, -0.2) is 20.9 Å². The van der Waals surface area contributed by atoms with Crippen LogP contribution in [0.1, 0.15) is 16.7 Å². The van der Waals surface area contributed by atoms with E-state index < -0.39 is 15.9 Å². The van der Waals surface area contributed by atoms with Crippen LogP contribution >= 0.6 is 11.6 Å². The Morgan fingerprint density at radius 3 is 2.30 bits per heavy atom. The lowest BCUT2D eigenvalue weighted by molar-refractivity contribution is -0.114. The third kappa shape index (κ3) is 4.66. The zero-order chi connectivity index (χ0) is 21.9.